The van der Waals surface area contributed by atoms with Crippen LogP contribution in [0, 0.1) is 0 Å². The number of hydrogen-bond acceptors (Lipinski definition) is 2. The smallest absolute Gasteiger partial charge is 0.320 e. The normalized spacial score (nSPS) is 11.1. The first kappa shape index (κ1) is 23.0. The average Bonchev–Trinajstić information content (AvgIpc) is 2.58. The third kappa shape index (κ3) is 19.0. The van der Waals surface area contributed by atoms with Crippen molar-refractivity contribution >= 4 is 6.03 Å². The first-order chi connectivity index (χ1) is 11.8. The molecule has 0 saturated heterocycles. The quantitative estimate of drug-likeness (QED) is 0.238. The van der Waals surface area contributed by atoms with Gasteiger partial charge in [-0.15, -0.1) is 0 Å². The van der Waals surface area contributed by atoms with Crippen LogP contribution in [0.1, 0.15) is 103 Å². The minimum absolute atomic E-state index is 0.335. The zero-order valence-electron chi connectivity index (χ0n) is 15.8. The number of carbonyl (C=O) groups excluding carboxylic acids is 1. The summed E-state index contributed by atoms with van der Waals surface area (Å²) in [5, 5.41) is 13.3. The van der Waals surface area contributed by atoms with Gasteiger partial charge >= 0.3 is 6.03 Å². The summed E-state index contributed by atoms with van der Waals surface area (Å²) in [4.78, 5) is 11.0. The van der Waals surface area contributed by atoms with E-state index in [-0.39, 0.29) is 12.8 Å². The van der Waals surface area contributed by atoms with Crippen molar-refractivity contribution in [3.8, 4) is 0 Å². The van der Waals surface area contributed by atoms with Gasteiger partial charge in [0.05, 0.1) is 0 Å². The average molecular weight is 341 g/mol. The van der Waals surface area contributed by atoms with Gasteiger partial charge in [0, 0.05) is 6.20 Å². The molecule has 0 aliphatic heterocycles. The predicted molar refractivity (Wildman–Crippen MR) is 103 cm³/mol. The van der Waals surface area contributed by atoms with E-state index in [2.05, 4.69) is 17.6 Å². The van der Waals surface area contributed by atoms with Gasteiger partial charge in [-0.2, -0.15) is 0 Å². The van der Waals surface area contributed by atoms with Crippen LogP contribution in [0.15, 0.2) is 12.3 Å². The SMILES string of the molecule is CCCCCCCCCCCCCCCC/C=C/NC(=O)NCO. The highest BCUT2D eigenvalue weighted by Crippen LogP contribution is 2.13. The fraction of sp³-hybridized carbons (Fsp3) is 0.850. The number of aliphatic hydroxyl groups excluding tert-OH is 1. The number of aliphatic hydroxyl groups is 1. The molecule has 0 bridgehead atoms. The Kier molecular flexibility index (Phi) is 19.2. The van der Waals surface area contributed by atoms with Crippen molar-refractivity contribution in [1.29, 1.82) is 0 Å². The molecule has 0 atom stereocenters. The second-order valence-electron chi connectivity index (χ2n) is 6.60. The third-order valence-corrected chi connectivity index (χ3v) is 4.30. The first-order valence-electron chi connectivity index (χ1n) is 10.1. The molecule has 0 aromatic carbocycles. The van der Waals surface area contributed by atoms with Crippen molar-refractivity contribution in [2.24, 2.45) is 0 Å². The number of allylic oxidation sites excluding steroid dienone is 1. The molecule has 0 heterocycles. The Morgan fingerprint density at radius 1 is 0.792 bits per heavy atom. The molecule has 0 aliphatic rings. The molecule has 0 fully saturated rings. The summed E-state index contributed by atoms with van der Waals surface area (Å²) in [6, 6.07) is -0.366. The van der Waals surface area contributed by atoms with Gasteiger partial charge in [-0.25, -0.2) is 4.79 Å². The van der Waals surface area contributed by atoms with Gasteiger partial charge in [0.25, 0.3) is 0 Å². The predicted octanol–water partition coefficient (Wildman–Crippen LogP) is 5.62. The number of carbonyl (C=O) groups is 1. The molecule has 0 spiro atoms. The number of urea groups is 1. The summed E-state index contributed by atoms with van der Waals surface area (Å²) in [5.41, 5.74) is 0. The summed E-state index contributed by atoms with van der Waals surface area (Å²) in [5.74, 6) is 0. The van der Waals surface area contributed by atoms with Crippen LogP contribution in [0.5, 0.6) is 0 Å². The van der Waals surface area contributed by atoms with E-state index < -0.39 is 0 Å². The first-order valence-corrected chi connectivity index (χ1v) is 10.1. The Morgan fingerprint density at radius 3 is 1.71 bits per heavy atom. The third-order valence-electron chi connectivity index (χ3n) is 4.30. The highest BCUT2D eigenvalue weighted by Gasteiger charge is 1.94. The van der Waals surface area contributed by atoms with Crippen LogP contribution in [0.3, 0.4) is 0 Å². The van der Waals surface area contributed by atoms with Crippen LogP contribution in [0.25, 0.3) is 0 Å². The van der Waals surface area contributed by atoms with Crippen molar-refractivity contribution in [2.75, 3.05) is 6.73 Å². The van der Waals surface area contributed by atoms with E-state index in [1.165, 1.54) is 89.9 Å². The molecule has 0 rings (SSSR count). The lowest BCUT2D eigenvalue weighted by Crippen LogP contribution is -2.32. The molecule has 0 aliphatic carbocycles. The standard InChI is InChI=1S/C20H40N2O2/c1-2-3-4-5-6-7-8-9-10-11-12-13-14-15-16-17-18-21-20(24)22-19-23/h17-18,23H,2-16,19H2,1H3,(H2,21,22,24)/b18-17+. The minimum atomic E-state index is -0.366. The van der Waals surface area contributed by atoms with Crippen molar-refractivity contribution in [1.82, 2.24) is 10.6 Å². The maximum atomic E-state index is 11.0. The monoisotopic (exact) mass is 340 g/mol. The molecule has 2 amide bonds. The fourth-order valence-corrected chi connectivity index (χ4v) is 2.80. The van der Waals surface area contributed by atoms with E-state index in [0.717, 1.165) is 6.42 Å². The van der Waals surface area contributed by atoms with E-state index in [9.17, 15) is 4.79 Å². The van der Waals surface area contributed by atoms with Crippen LogP contribution in [-0.2, 0) is 0 Å². The number of hydrogen-bond donors (Lipinski definition) is 3. The van der Waals surface area contributed by atoms with Gasteiger partial charge in [0.15, 0.2) is 0 Å². The Bertz CT molecular complexity index is 293. The van der Waals surface area contributed by atoms with Gasteiger partial charge in [0.2, 0.25) is 0 Å². The maximum absolute atomic E-state index is 11.0. The number of rotatable bonds is 17. The topological polar surface area (TPSA) is 61.4 Å². The molecule has 4 heteroatoms. The minimum Gasteiger partial charge on any atom is -0.376 e. The van der Waals surface area contributed by atoms with Crippen LogP contribution in [0.4, 0.5) is 4.79 Å². The van der Waals surface area contributed by atoms with E-state index in [1.807, 2.05) is 6.08 Å². The van der Waals surface area contributed by atoms with Gasteiger partial charge < -0.3 is 15.7 Å². The molecule has 4 nitrogen and oxygen atoms in total. The second kappa shape index (κ2) is 20.0. The number of unbranched alkanes of at least 4 members (excludes halogenated alkanes) is 14. The number of amides is 2. The molecule has 142 valence electrons. The van der Waals surface area contributed by atoms with Crippen molar-refractivity contribution in [3.63, 3.8) is 0 Å². The highest BCUT2D eigenvalue weighted by atomic mass is 16.3. The van der Waals surface area contributed by atoms with Crippen molar-refractivity contribution < 1.29 is 9.90 Å². The van der Waals surface area contributed by atoms with Crippen LogP contribution in [-0.4, -0.2) is 17.9 Å². The molecule has 3 N–H and O–H groups in total. The van der Waals surface area contributed by atoms with Gasteiger partial charge in [-0.1, -0.05) is 96.5 Å². The summed E-state index contributed by atoms with van der Waals surface area (Å²) >= 11 is 0. The lowest BCUT2D eigenvalue weighted by Gasteiger charge is -2.03. The largest absolute Gasteiger partial charge is 0.376 e. The maximum Gasteiger partial charge on any atom is 0.320 e. The van der Waals surface area contributed by atoms with Gasteiger partial charge in [-0.05, 0) is 12.8 Å². The van der Waals surface area contributed by atoms with Crippen molar-refractivity contribution in [2.45, 2.75) is 103 Å². The molecule has 0 radical (unpaired) electrons. The summed E-state index contributed by atoms with van der Waals surface area (Å²) in [7, 11) is 0. The van der Waals surface area contributed by atoms with E-state index >= 15 is 0 Å². The Hall–Kier alpha value is -1.03. The Balaban J connectivity index is 3.10. The van der Waals surface area contributed by atoms with Gasteiger partial charge in [-0.3, -0.25) is 0 Å². The summed E-state index contributed by atoms with van der Waals surface area (Å²) in [6.07, 6.45) is 23.8. The molecular weight excluding hydrogens is 300 g/mol. The van der Waals surface area contributed by atoms with Crippen molar-refractivity contribution in [3.05, 3.63) is 12.3 Å². The number of nitrogens with one attached hydrogen (secondary N) is 2. The van der Waals surface area contributed by atoms with E-state index in [0.29, 0.717) is 0 Å². The van der Waals surface area contributed by atoms with Crippen LogP contribution < -0.4 is 10.6 Å². The molecule has 0 aromatic rings. The lowest BCUT2D eigenvalue weighted by molar-refractivity contribution is 0.220. The second-order valence-corrected chi connectivity index (χ2v) is 6.60. The molecule has 0 unspecified atom stereocenters. The highest BCUT2D eigenvalue weighted by molar-refractivity contribution is 5.74. The van der Waals surface area contributed by atoms with Crippen LogP contribution >= 0.6 is 0 Å². The molecule has 24 heavy (non-hydrogen) atoms. The van der Waals surface area contributed by atoms with E-state index in [4.69, 9.17) is 5.11 Å². The Morgan fingerprint density at radius 2 is 1.25 bits per heavy atom. The Labute approximate surface area is 149 Å². The lowest BCUT2D eigenvalue weighted by atomic mass is 10.0. The van der Waals surface area contributed by atoms with Gasteiger partial charge in [0.1, 0.15) is 6.73 Å². The molecular formula is C20H40N2O2. The summed E-state index contributed by atoms with van der Waals surface area (Å²) < 4.78 is 0. The fourth-order valence-electron chi connectivity index (χ4n) is 2.80. The zero-order valence-corrected chi connectivity index (χ0v) is 15.8. The zero-order chi connectivity index (χ0) is 17.7. The summed E-state index contributed by atoms with van der Waals surface area (Å²) in [6.45, 7) is 1.94. The molecule has 0 saturated carbocycles. The van der Waals surface area contributed by atoms with E-state index in [1.54, 1.807) is 6.20 Å². The molecule has 0 aromatic heterocycles. The van der Waals surface area contributed by atoms with Crippen LogP contribution in [0.2, 0.25) is 0 Å².